The summed E-state index contributed by atoms with van der Waals surface area (Å²) in [7, 11) is 3.33. The van der Waals surface area contributed by atoms with Gasteiger partial charge in [-0.25, -0.2) is 4.98 Å². The number of aromatic nitrogens is 2. The van der Waals surface area contributed by atoms with Gasteiger partial charge in [0.15, 0.2) is 0 Å². The van der Waals surface area contributed by atoms with Crippen molar-refractivity contribution in [1.29, 1.82) is 0 Å². The van der Waals surface area contributed by atoms with Gasteiger partial charge in [-0.2, -0.15) is 4.37 Å². The van der Waals surface area contributed by atoms with E-state index in [1.54, 1.807) is 14.2 Å². The van der Waals surface area contributed by atoms with E-state index in [1.165, 1.54) is 11.5 Å². The second kappa shape index (κ2) is 7.72. The maximum Gasteiger partial charge on any atom is 0.203 e. The van der Waals surface area contributed by atoms with Gasteiger partial charge in [0, 0.05) is 25.1 Å². The molecular weight excluding hydrogens is 354 g/mol. The Morgan fingerprint density at radius 1 is 1.38 bits per heavy atom. The van der Waals surface area contributed by atoms with Crippen molar-refractivity contribution in [2.24, 2.45) is 0 Å². The third kappa shape index (κ3) is 4.39. The van der Waals surface area contributed by atoms with E-state index in [4.69, 9.17) is 9.47 Å². The predicted molar refractivity (Wildman–Crippen MR) is 88.2 cm³/mol. The molecule has 0 saturated carbocycles. The first-order valence-corrected chi connectivity index (χ1v) is 8.12. The van der Waals surface area contributed by atoms with Gasteiger partial charge in [0.25, 0.3) is 0 Å². The number of ether oxygens (including phenoxy) is 2. The van der Waals surface area contributed by atoms with Crippen molar-refractivity contribution < 1.29 is 9.47 Å². The Kier molecular flexibility index (Phi) is 5.96. The number of benzene rings is 1. The molecule has 1 aromatic heterocycles. The summed E-state index contributed by atoms with van der Waals surface area (Å²) in [4.78, 5) is 4.45. The van der Waals surface area contributed by atoms with Crippen LogP contribution in [0.15, 0.2) is 22.7 Å². The van der Waals surface area contributed by atoms with Gasteiger partial charge in [-0.1, -0.05) is 6.07 Å². The van der Waals surface area contributed by atoms with Crippen LogP contribution in [0.4, 0.5) is 5.13 Å². The fourth-order valence-electron chi connectivity index (χ4n) is 1.83. The largest absolute Gasteiger partial charge is 0.496 e. The zero-order valence-corrected chi connectivity index (χ0v) is 14.6. The summed E-state index contributed by atoms with van der Waals surface area (Å²) in [5.74, 6) is 1.64. The number of hydrogen-bond donors (Lipinski definition) is 1. The highest BCUT2D eigenvalue weighted by Gasteiger charge is 2.11. The third-order valence-electron chi connectivity index (χ3n) is 3.01. The first kappa shape index (κ1) is 16.2. The maximum absolute atomic E-state index is 5.24. The Bertz CT molecular complexity index is 591. The minimum atomic E-state index is 0.135. The van der Waals surface area contributed by atoms with Crippen LogP contribution in [-0.4, -0.2) is 30.2 Å². The van der Waals surface area contributed by atoms with Crippen LogP contribution in [0.5, 0.6) is 5.75 Å². The lowest BCUT2D eigenvalue weighted by Gasteiger charge is -2.14. The first-order valence-electron chi connectivity index (χ1n) is 6.55. The molecular formula is C14H18BrN3O2S. The third-order valence-corrected chi connectivity index (χ3v) is 4.32. The lowest BCUT2D eigenvalue weighted by Crippen LogP contribution is -2.07. The maximum atomic E-state index is 5.24. The minimum Gasteiger partial charge on any atom is -0.496 e. The van der Waals surface area contributed by atoms with E-state index in [-0.39, 0.29) is 6.04 Å². The summed E-state index contributed by atoms with van der Waals surface area (Å²) in [5.41, 5.74) is 1.15. The van der Waals surface area contributed by atoms with Crippen LogP contribution in [-0.2, 0) is 11.2 Å². The molecule has 1 unspecified atom stereocenters. The summed E-state index contributed by atoms with van der Waals surface area (Å²) in [5, 5.41) is 4.18. The SMILES string of the molecule is COCCc1nsc(NC(C)c2ccc(OC)c(Br)c2)n1. The molecule has 0 radical (unpaired) electrons. The molecule has 1 heterocycles. The fourth-order valence-corrected chi connectivity index (χ4v) is 3.09. The van der Waals surface area contributed by atoms with Gasteiger partial charge in [0.1, 0.15) is 11.6 Å². The number of methoxy groups -OCH3 is 2. The molecule has 0 aliphatic heterocycles. The molecule has 0 saturated heterocycles. The van der Waals surface area contributed by atoms with Gasteiger partial charge in [0.05, 0.1) is 24.2 Å². The van der Waals surface area contributed by atoms with Crippen molar-refractivity contribution in [2.75, 3.05) is 26.1 Å². The molecule has 0 fully saturated rings. The molecule has 0 spiro atoms. The monoisotopic (exact) mass is 371 g/mol. The lowest BCUT2D eigenvalue weighted by atomic mass is 10.1. The number of nitrogens with zero attached hydrogens (tertiary/aromatic N) is 2. The average molecular weight is 372 g/mol. The number of nitrogens with one attached hydrogen (secondary N) is 1. The Balaban J connectivity index is 2.02. The van der Waals surface area contributed by atoms with Gasteiger partial charge >= 0.3 is 0 Å². The molecule has 2 aromatic rings. The predicted octanol–water partition coefficient (Wildman–Crippen LogP) is 3.67. The standard InChI is InChI=1S/C14H18BrN3O2S/c1-9(10-4-5-12(20-3)11(15)8-10)16-14-17-13(18-21-14)6-7-19-2/h4-5,8-9H,6-7H2,1-3H3,(H,16,17,18). The van der Waals surface area contributed by atoms with Crippen molar-refractivity contribution in [2.45, 2.75) is 19.4 Å². The minimum absolute atomic E-state index is 0.135. The van der Waals surface area contributed by atoms with Crippen molar-refractivity contribution >= 4 is 32.6 Å². The van der Waals surface area contributed by atoms with Gasteiger partial charge in [0.2, 0.25) is 5.13 Å². The highest BCUT2D eigenvalue weighted by Crippen LogP contribution is 2.29. The normalized spacial score (nSPS) is 12.2. The van der Waals surface area contributed by atoms with Crippen LogP contribution >= 0.6 is 27.5 Å². The van der Waals surface area contributed by atoms with Gasteiger partial charge < -0.3 is 14.8 Å². The summed E-state index contributed by atoms with van der Waals surface area (Å²) in [6.45, 7) is 2.72. The van der Waals surface area contributed by atoms with Gasteiger partial charge in [-0.05, 0) is 40.5 Å². The van der Waals surface area contributed by atoms with Crippen LogP contribution in [0.3, 0.4) is 0 Å². The van der Waals surface area contributed by atoms with Crippen LogP contribution in [0.2, 0.25) is 0 Å². The quantitative estimate of drug-likeness (QED) is 0.804. The van der Waals surface area contributed by atoms with Crippen LogP contribution in [0.25, 0.3) is 0 Å². The van der Waals surface area contributed by atoms with E-state index in [2.05, 4.69) is 37.5 Å². The van der Waals surface area contributed by atoms with E-state index < -0.39 is 0 Å². The van der Waals surface area contributed by atoms with Gasteiger partial charge in [-0.3, -0.25) is 0 Å². The molecule has 0 amide bonds. The van der Waals surface area contributed by atoms with Crippen molar-refractivity contribution in [1.82, 2.24) is 9.36 Å². The second-order valence-electron chi connectivity index (χ2n) is 4.52. The molecule has 21 heavy (non-hydrogen) atoms. The van der Waals surface area contributed by atoms with Crippen LogP contribution in [0.1, 0.15) is 24.4 Å². The van der Waals surface area contributed by atoms with Crippen molar-refractivity contribution in [3.63, 3.8) is 0 Å². The summed E-state index contributed by atoms with van der Waals surface area (Å²) < 4.78 is 15.5. The molecule has 5 nitrogen and oxygen atoms in total. The fraction of sp³-hybridized carbons (Fsp3) is 0.429. The molecule has 2 rings (SSSR count). The van der Waals surface area contributed by atoms with Crippen LogP contribution in [0, 0.1) is 0 Å². The summed E-state index contributed by atoms with van der Waals surface area (Å²) >= 11 is 4.87. The Morgan fingerprint density at radius 3 is 2.86 bits per heavy atom. The number of halogens is 1. The Hall–Kier alpha value is -1.18. The molecule has 7 heteroatoms. The highest BCUT2D eigenvalue weighted by molar-refractivity contribution is 9.10. The zero-order valence-electron chi connectivity index (χ0n) is 12.2. The smallest absolute Gasteiger partial charge is 0.203 e. The van der Waals surface area contributed by atoms with E-state index in [0.717, 1.165) is 33.2 Å². The lowest BCUT2D eigenvalue weighted by molar-refractivity contribution is 0.201. The number of rotatable bonds is 7. The second-order valence-corrected chi connectivity index (χ2v) is 6.12. The molecule has 1 N–H and O–H groups in total. The Morgan fingerprint density at radius 2 is 2.19 bits per heavy atom. The van der Waals surface area contributed by atoms with Crippen molar-refractivity contribution in [3.05, 3.63) is 34.1 Å². The number of hydrogen-bond acceptors (Lipinski definition) is 6. The molecule has 1 aromatic carbocycles. The Labute approximate surface area is 137 Å². The van der Waals surface area contributed by atoms with E-state index in [0.29, 0.717) is 6.61 Å². The number of anilines is 1. The van der Waals surface area contributed by atoms with E-state index in [9.17, 15) is 0 Å². The van der Waals surface area contributed by atoms with Gasteiger partial charge in [-0.15, -0.1) is 0 Å². The van der Waals surface area contributed by atoms with E-state index >= 15 is 0 Å². The highest BCUT2D eigenvalue weighted by atomic mass is 79.9. The molecule has 0 aliphatic carbocycles. The molecule has 0 aliphatic rings. The first-order chi connectivity index (χ1) is 10.1. The molecule has 0 bridgehead atoms. The topological polar surface area (TPSA) is 56.3 Å². The van der Waals surface area contributed by atoms with Crippen LogP contribution < -0.4 is 10.1 Å². The summed E-state index contributed by atoms with van der Waals surface area (Å²) in [6.07, 6.45) is 0.733. The molecule has 114 valence electrons. The van der Waals surface area contributed by atoms with E-state index in [1.807, 2.05) is 18.2 Å². The zero-order chi connectivity index (χ0) is 15.2. The molecule has 1 atom stereocenters. The average Bonchev–Trinajstić information content (AvgIpc) is 2.92. The summed E-state index contributed by atoms with van der Waals surface area (Å²) in [6, 6.07) is 6.16. The van der Waals surface area contributed by atoms with Crippen molar-refractivity contribution in [3.8, 4) is 5.75 Å².